The average molecular weight is 325 g/mol. The first-order chi connectivity index (χ1) is 11.6. The Labute approximate surface area is 139 Å². The Morgan fingerprint density at radius 3 is 2.50 bits per heavy atom. The second kappa shape index (κ2) is 6.70. The normalized spacial score (nSPS) is 14.3. The first-order valence-corrected chi connectivity index (χ1v) is 7.80. The Bertz CT molecular complexity index is 825. The lowest BCUT2D eigenvalue weighted by molar-refractivity contribution is -0.139. The molecule has 2 N–H and O–H groups in total. The highest BCUT2D eigenvalue weighted by Gasteiger charge is 2.26. The van der Waals surface area contributed by atoms with Gasteiger partial charge >= 0.3 is 11.8 Å². The van der Waals surface area contributed by atoms with Gasteiger partial charge in [-0.25, -0.2) is 5.43 Å². The molecule has 0 heterocycles. The van der Waals surface area contributed by atoms with Crippen LogP contribution in [0.5, 0.6) is 5.75 Å². The molecule has 1 saturated carbocycles. The van der Waals surface area contributed by atoms with E-state index in [2.05, 4.69) is 15.8 Å². The van der Waals surface area contributed by atoms with Gasteiger partial charge in [-0.15, -0.1) is 0 Å². The van der Waals surface area contributed by atoms with E-state index in [9.17, 15) is 9.59 Å². The van der Waals surface area contributed by atoms with Gasteiger partial charge in [0.25, 0.3) is 0 Å². The van der Waals surface area contributed by atoms with Crippen LogP contribution in [-0.4, -0.2) is 30.7 Å². The van der Waals surface area contributed by atoms with E-state index in [-0.39, 0.29) is 6.04 Å². The standard InChI is InChI=1S/C18H19N3O3/c1-11(20-21-18(23)17(22)19-15-6-7-15)12-3-4-14-10-16(24-2)8-5-13(14)9-12/h3-5,8-10,15H,6-7H2,1-2H3,(H,19,22)(H,21,23)/b20-11-. The van der Waals surface area contributed by atoms with Gasteiger partial charge in [-0.1, -0.05) is 18.2 Å². The number of carbonyl (C=O) groups excluding carboxylic acids is 2. The van der Waals surface area contributed by atoms with Crippen LogP contribution in [0.15, 0.2) is 41.5 Å². The molecule has 6 nitrogen and oxygen atoms in total. The summed E-state index contributed by atoms with van der Waals surface area (Å²) in [5.74, 6) is -0.582. The molecule has 0 spiro atoms. The van der Waals surface area contributed by atoms with E-state index in [1.54, 1.807) is 14.0 Å². The van der Waals surface area contributed by atoms with Crippen molar-refractivity contribution in [1.82, 2.24) is 10.7 Å². The lowest BCUT2D eigenvalue weighted by Crippen LogP contribution is -2.39. The summed E-state index contributed by atoms with van der Waals surface area (Å²) >= 11 is 0. The first-order valence-electron chi connectivity index (χ1n) is 7.80. The number of hydrazone groups is 1. The van der Waals surface area contributed by atoms with Crippen molar-refractivity contribution in [1.29, 1.82) is 0 Å². The number of nitrogens with one attached hydrogen (secondary N) is 2. The molecule has 6 heteroatoms. The zero-order valence-corrected chi connectivity index (χ0v) is 13.6. The molecule has 0 bridgehead atoms. The monoisotopic (exact) mass is 325 g/mol. The minimum absolute atomic E-state index is 0.144. The van der Waals surface area contributed by atoms with Crippen LogP contribution < -0.4 is 15.5 Å². The van der Waals surface area contributed by atoms with Gasteiger partial charge < -0.3 is 10.1 Å². The van der Waals surface area contributed by atoms with E-state index in [4.69, 9.17) is 4.74 Å². The molecule has 0 aliphatic heterocycles. The summed E-state index contributed by atoms with van der Waals surface area (Å²) in [5, 5.41) is 8.73. The fourth-order valence-corrected chi connectivity index (χ4v) is 2.30. The van der Waals surface area contributed by atoms with E-state index in [1.165, 1.54) is 0 Å². The number of ether oxygens (including phenoxy) is 1. The van der Waals surface area contributed by atoms with Crippen molar-refractivity contribution in [3.63, 3.8) is 0 Å². The number of hydrogen-bond acceptors (Lipinski definition) is 4. The molecule has 0 radical (unpaired) electrons. The number of hydrogen-bond donors (Lipinski definition) is 2. The lowest BCUT2D eigenvalue weighted by Gasteiger charge is -2.06. The summed E-state index contributed by atoms with van der Waals surface area (Å²) in [5.41, 5.74) is 3.79. The third-order valence-corrected chi connectivity index (χ3v) is 3.91. The summed E-state index contributed by atoms with van der Waals surface area (Å²) in [7, 11) is 1.63. The third-order valence-electron chi connectivity index (χ3n) is 3.91. The highest BCUT2D eigenvalue weighted by Crippen LogP contribution is 2.22. The van der Waals surface area contributed by atoms with Crippen LogP contribution in [0.3, 0.4) is 0 Å². The van der Waals surface area contributed by atoms with Crippen LogP contribution >= 0.6 is 0 Å². The van der Waals surface area contributed by atoms with Crippen LogP contribution in [0.2, 0.25) is 0 Å². The van der Waals surface area contributed by atoms with Crippen LogP contribution in [0.25, 0.3) is 10.8 Å². The van der Waals surface area contributed by atoms with Gasteiger partial charge in [0, 0.05) is 6.04 Å². The number of rotatable bonds is 4. The molecule has 1 aliphatic rings. The molecule has 1 aliphatic carbocycles. The molecule has 3 rings (SSSR count). The van der Waals surface area contributed by atoms with Crippen molar-refractivity contribution in [2.24, 2.45) is 5.10 Å². The van der Waals surface area contributed by atoms with Crippen molar-refractivity contribution in [3.05, 3.63) is 42.0 Å². The van der Waals surface area contributed by atoms with E-state index in [1.807, 2.05) is 36.4 Å². The molecule has 24 heavy (non-hydrogen) atoms. The van der Waals surface area contributed by atoms with Crippen LogP contribution in [0.4, 0.5) is 0 Å². The molecule has 0 aromatic heterocycles. The molecule has 2 aromatic rings. The second-order valence-corrected chi connectivity index (χ2v) is 5.81. The maximum Gasteiger partial charge on any atom is 0.329 e. The predicted octanol–water partition coefficient (Wildman–Crippen LogP) is 1.97. The molecule has 2 amide bonds. The quantitative estimate of drug-likeness (QED) is 0.512. The minimum Gasteiger partial charge on any atom is -0.497 e. The Balaban J connectivity index is 1.71. The number of amides is 2. The SMILES string of the molecule is COc1ccc2cc(/C(C)=N\NC(=O)C(=O)NC3CC3)ccc2c1. The Morgan fingerprint density at radius 1 is 1.08 bits per heavy atom. The van der Waals surface area contributed by atoms with Crippen molar-refractivity contribution in [2.45, 2.75) is 25.8 Å². The number of carbonyl (C=O) groups is 2. The van der Waals surface area contributed by atoms with Gasteiger partial charge in [-0.3, -0.25) is 9.59 Å². The van der Waals surface area contributed by atoms with E-state index in [0.29, 0.717) is 5.71 Å². The summed E-state index contributed by atoms with van der Waals surface area (Å²) in [6.45, 7) is 1.78. The fraction of sp³-hybridized carbons (Fsp3) is 0.278. The summed E-state index contributed by atoms with van der Waals surface area (Å²) in [4.78, 5) is 23.3. The molecule has 0 atom stereocenters. The highest BCUT2D eigenvalue weighted by atomic mass is 16.5. The molecule has 0 unspecified atom stereocenters. The topological polar surface area (TPSA) is 79.8 Å². The summed E-state index contributed by atoms with van der Waals surface area (Å²) < 4.78 is 5.21. The van der Waals surface area contributed by atoms with Gasteiger partial charge in [0.2, 0.25) is 0 Å². The van der Waals surface area contributed by atoms with Crippen LogP contribution in [0, 0.1) is 0 Å². The maximum atomic E-state index is 11.7. The minimum atomic E-state index is -0.744. The Morgan fingerprint density at radius 2 is 1.79 bits per heavy atom. The number of methoxy groups -OCH3 is 1. The van der Waals surface area contributed by atoms with Crippen molar-refractivity contribution >= 4 is 28.3 Å². The van der Waals surface area contributed by atoms with Crippen LogP contribution in [-0.2, 0) is 9.59 Å². The third kappa shape index (κ3) is 3.71. The van der Waals surface area contributed by atoms with Crippen molar-refractivity contribution in [3.8, 4) is 5.75 Å². The van der Waals surface area contributed by atoms with Crippen LogP contribution in [0.1, 0.15) is 25.3 Å². The summed E-state index contributed by atoms with van der Waals surface area (Å²) in [6, 6.07) is 11.8. The number of nitrogens with zero attached hydrogens (tertiary/aromatic N) is 1. The van der Waals surface area contributed by atoms with Crippen molar-refractivity contribution in [2.75, 3.05) is 7.11 Å². The molecule has 2 aromatic carbocycles. The molecular weight excluding hydrogens is 306 g/mol. The van der Waals surface area contributed by atoms with E-state index in [0.717, 1.165) is 34.9 Å². The number of fused-ring (bicyclic) bond motifs is 1. The molecular formula is C18H19N3O3. The van der Waals surface area contributed by atoms with Gasteiger partial charge in [-0.05, 0) is 54.3 Å². The zero-order chi connectivity index (χ0) is 17.1. The summed E-state index contributed by atoms with van der Waals surface area (Å²) in [6.07, 6.45) is 1.87. The Hall–Kier alpha value is -2.89. The largest absolute Gasteiger partial charge is 0.497 e. The highest BCUT2D eigenvalue weighted by molar-refractivity contribution is 6.35. The van der Waals surface area contributed by atoms with Gasteiger partial charge in [0.15, 0.2) is 0 Å². The van der Waals surface area contributed by atoms with Gasteiger partial charge in [0.05, 0.1) is 12.8 Å². The molecule has 1 fully saturated rings. The van der Waals surface area contributed by atoms with Crippen molar-refractivity contribution < 1.29 is 14.3 Å². The smallest absolute Gasteiger partial charge is 0.329 e. The fourth-order valence-electron chi connectivity index (χ4n) is 2.30. The Kier molecular flexibility index (Phi) is 4.46. The van der Waals surface area contributed by atoms with E-state index < -0.39 is 11.8 Å². The average Bonchev–Trinajstić information content (AvgIpc) is 3.42. The van der Waals surface area contributed by atoms with Gasteiger partial charge in [-0.2, -0.15) is 5.10 Å². The zero-order valence-electron chi connectivity index (χ0n) is 13.6. The maximum absolute atomic E-state index is 11.7. The lowest BCUT2D eigenvalue weighted by atomic mass is 10.0. The van der Waals surface area contributed by atoms with Gasteiger partial charge in [0.1, 0.15) is 5.75 Å². The number of benzene rings is 2. The van der Waals surface area contributed by atoms with E-state index >= 15 is 0 Å². The molecule has 0 saturated heterocycles. The molecule has 124 valence electrons. The predicted molar refractivity (Wildman–Crippen MR) is 92.0 cm³/mol. The second-order valence-electron chi connectivity index (χ2n) is 5.81. The first kappa shape index (κ1) is 16.0.